The fourth-order valence-corrected chi connectivity index (χ4v) is 2.67. The van der Waals surface area contributed by atoms with E-state index in [-0.39, 0.29) is 17.6 Å². The lowest BCUT2D eigenvalue weighted by Gasteiger charge is -2.21. The minimum absolute atomic E-state index is 0.0281. The summed E-state index contributed by atoms with van der Waals surface area (Å²) < 4.78 is 6.50. The van der Waals surface area contributed by atoms with E-state index in [1.54, 1.807) is 4.57 Å². The smallest absolute Gasteiger partial charge is 0.416 e. The van der Waals surface area contributed by atoms with E-state index in [1.165, 1.54) is 13.5 Å². The number of aliphatic imine (C=N–C) groups is 1. The molecule has 9 heteroatoms. The van der Waals surface area contributed by atoms with Crippen LogP contribution in [-0.2, 0) is 11.3 Å². The number of azo groups is 1. The summed E-state index contributed by atoms with van der Waals surface area (Å²) in [6, 6.07) is 5.69. The second-order valence-electron chi connectivity index (χ2n) is 5.54. The van der Waals surface area contributed by atoms with Crippen molar-refractivity contribution in [1.29, 1.82) is 0 Å². The molecule has 0 aliphatic heterocycles. The summed E-state index contributed by atoms with van der Waals surface area (Å²) in [7, 11) is 1.52. The molecule has 0 amide bonds. The Morgan fingerprint density at radius 3 is 2.46 bits per heavy atom. The third-order valence-electron chi connectivity index (χ3n) is 4.06. The fraction of sp³-hybridized carbons (Fsp3) is 0.368. The zero-order valence-corrected chi connectivity index (χ0v) is 16.4. The SMILES string of the molecule is [C-]#[N+]c1nc(N=Nc2ccc(N(CC)CC)cc2/N=C\OC)n(CC)c1[N+]#[C-]. The number of methoxy groups -OCH3 is 1. The second kappa shape index (κ2) is 9.83. The van der Waals surface area contributed by atoms with Crippen LogP contribution in [0.25, 0.3) is 9.69 Å². The number of aromatic nitrogens is 2. The summed E-state index contributed by atoms with van der Waals surface area (Å²) in [6.45, 7) is 22.7. The maximum Gasteiger partial charge on any atom is 0.416 e. The quantitative estimate of drug-likeness (QED) is 0.261. The molecule has 2 aromatic rings. The minimum atomic E-state index is 0.0281. The normalized spacial score (nSPS) is 10.9. The zero-order chi connectivity index (χ0) is 20.5. The largest absolute Gasteiger partial charge is 0.486 e. The minimum Gasteiger partial charge on any atom is -0.486 e. The molecule has 0 aliphatic carbocycles. The molecule has 28 heavy (non-hydrogen) atoms. The molecule has 1 aromatic carbocycles. The number of hydrogen-bond donors (Lipinski definition) is 0. The van der Waals surface area contributed by atoms with Crippen LogP contribution in [0, 0.1) is 13.1 Å². The van der Waals surface area contributed by atoms with E-state index in [4.69, 9.17) is 17.9 Å². The standard InChI is InChI=1S/C19H22N8O/c1-7-26(8-2)14-10-11-15(16(12-14)22-13-28-6)24-25-19-23-17(20-4)18(21-5)27(19)9-3/h10-13H,7-9H2,1-3,6H3/b22-13-,25-24?. The van der Waals surface area contributed by atoms with E-state index in [0.717, 1.165) is 18.8 Å². The summed E-state index contributed by atoms with van der Waals surface area (Å²) in [5, 5.41) is 8.43. The summed E-state index contributed by atoms with van der Waals surface area (Å²) >= 11 is 0. The zero-order valence-electron chi connectivity index (χ0n) is 16.4. The van der Waals surface area contributed by atoms with Crippen LogP contribution in [0.5, 0.6) is 0 Å². The van der Waals surface area contributed by atoms with Crippen LogP contribution in [0.4, 0.5) is 34.6 Å². The molecule has 0 atom stereocenters. The lowest BCUT2D eigenvalue weighted by Crippen LogP contribution is -2.21. The van der Waals surface area contributed by atoms with Gasteiger partial charge in [-0.25, -0.2) is 9.56 Å². The first-order valence-electron chi connectivity index (χ1n) is 8.84. The molecule has 0 saturated heterocycles. The predicted molar refractivity (Wildman–Crippen MR) is 110 cm³/mol. The van der Waals surface area contributed by atoms with Crippen molar-refractivity contribution in [2.75, 3.05) is 25.1 Å². The van der Waals surface area contributed by atoms with E-state index in [1.807, 2.05) is 25.1 Å². The Kier molecular flexibility index (Phi) is 7.23. The number of benzene rings is 1. The maximum absolute atomic E-state index is 7.26. The Balaban J connectivity index is 2.48. The number of nitrogens with zero attached hydrogens (tertiary/aromatic N) is 8. The first-order valence-corrected chi connectivity index (χ1v) is 8.84. The van der Waals surface area contributed by atoms with Gasteiger partial charge in [0, 0.05) is 18.8 Å². The number of hydrogen-bond acceptors (Lipinski definition) is 6. The van der Waals surface area contributed by atoms with Crippen LogP contribution in [-0.4, -0.2) is 36.2 Å². The second-order valence-corrected chi connectivity index (χ2v) is 5.54. The molecule has 0 spiro atoms. The highest BCUT2D eigenvalue weighted by molar-refractivity contribution is 5.72. The topological polar surface area (TPSA) is 76.1 Å². The molecule has 0 bridgehead atoms. The van der Waals surface area contributed by atoms with Gasteiger partial charge in [-0.05, 0) is 39.0 Å². The van der Waals surface area contributed by atoms with Gasteiger partial charge in [0.25, 0.3) is 11.6 Å². The van der Waals surface area contributed by atoms with Crippen LogP contribution in [0.3, 0.4) is 0 Å². The average Bonchev–Trinajstić information content (AvgIpc) is 3.08. The van der Waals surface area contributed by atoms with Crippen LogP contribution in [0.15, 0.2) is 33.4 Å². The number of ether oxygens (including phenoxy) is 1. The molecule has 0 aliphatic rings. The van der Waals surface area contributed by atoms with Crippen molar-refractivity contribution >= 4 is 41.0 Å². The summed E-state index contributed by atoms with van der Waals surface area (Å²) in [4.78, 5) is 17.3. The van der Waals surface area contributed by atoms with Crippen LogP contribution in [0.2, 0.25) is 0 Å². The molecule has 0 unspecified atom stereocenters. The van der Waals surface area contributed by atoms with Crippen LogP contribution in [0.1, 0.15) is 20.8 Å². The van der Waals surface area contributed by atoms with Crippen molar-refractivity contribution in [3.63, 3.8) is 0 Å². The highest BCUT2D eigenvalue weighted by atomic mass is 16.5. The Bertz CT molecular complexity index is 958. The Morgan fingerprint density at radius 2 is 1.89 bits per heavy atom. The highest BCUT2D eigenvalue weighted by Crippen LogP contribution is 2.36. The van der Waals surface area contributed by atoms with E-state index >= 15 is 0 Å². The van der Waals surface area contributed by atoms with Crippen molar-refractivity contribution in [3.8, 4) is 0 Å². The molecule has 1 aromatic heterocycles. The highest BCUT2D eigenvalue weighted by Gasteiger charge is 2.21. The Labute approximate surface area is 164 Å². The first-order chi connectivity index (χ1) is 13.6. The van der Waals surface area contributed by atoms with Crippen molar-refractivity contribution in [1.82, 2.24) is 9.55 Å². The van der Waals surface area contributed by atoms with E-state index in [9.17, 15) is 0 Å². The van der Waals surface area contributed by atoms with Gasteiger partial charge in [0.2, 0.25) is 0 Å². The lowest BCUT2D eigenvalue weighted by atomic mass is 10.2. The maximum atomic E-state index is 7.26. The van der Waals surface area contributed by atoms with Gasteiger partial charge < -0.3 is 19.3 Å². The molecular weight excluding hydrogens is 356 g/mol. The fourth-order valence-electron chi connectivity index (χ4n) is 2.67. The van der Waals surface area contributed by atoms with Gasteiger partial charge in [-0.2, -0.15) is 0 Å². The number of imidazole rings is 1. The molecule has 2 rings (SSSR count). The molecule has 0 saturated carbocycles. The lowest BCUT2D eigenvalue weighted by molar-refractivity contribution is 0.423. The molecule has 1 heterocycles. The number of anilines is 1. The Morgan fingerprint density at radius 1 is 1.14 bits per heavy atom. The van der Waals surface area contributed by atoms with Gasteiger partial charge in [0.05, 0.1) is 19.3 Å². The summed E-state index contributed by atoms with van der Waals surface area (Å²) in [5.41, 5.74) is 2.15. The predicted octanol–water partition coefficient (Wildman–Crippen LogP) is 5.57. The van der Waals surface area contributed by atoms with Gasteiger partial charge in [-0.15, -0.1) is 5.11 Å². The molecule has 9 nitrogen and oxygen atoms in total. The van der Waals surface area contributed by atoms with Crippen LogP contribution >= 0.6 is 0 Å². The molecular formula is C19H22N8O. The third-order valence-corrected chi connectivity index (χ3v) is 4.06. The molecule has 0 N–H and O–H groups in total. The molecule has 0 radical (unpaired) electrons. The van der Waals surface area contributed by atoms with Gasteiger partial charge in [0.15, 0.2) is 6.40 Å². The summed E-state index contributed by atoms with van der Waals surface area (Å²) in [6.07, 6.45) is 1.33. The van der Waals surface area contributed by atoms with E-state index in [2.05, 4.69) is 48.6 Å². The summed E-state index contributed by atoms with van der Waals surface area (Å²) in [5.74, 6) is 0.412. The van der Waals surface area contributed by atoms with Gasteiger partial charge in [-0.1, -0.05) is 23.2 Å². The monoisotopic (exact) mass is 378 g/mol. The first kappa shape index (κ1) is 20.6. The molecule has 144 valence electrons. The van der Waals surface area contributed by atoms with E-state index in [0.29, 0.717) is 17.9 Å². The van der Waals surface area contributed by atoms with Crippen molar-refractivity contribution in [2.24, 2.45) is 15.2 Å². The van der Waals surface area contributed by atoms with Gasteiger partial charge in [-0.3, -0.25) is 0 Å². The van der Waals surface area contributed by atoms with Crippen molar-refractivity contribution in [2.45, 2.75) is 27.3 Å². The van der Waals surface area contributed by atoms with Crippen molar-refractivity contribution in [3.05, 3.63) is 41.0 Å². The van der Waals surface area contributed by atoms with Gasteiger partial charge >= 0.3 is 5.95 Å². The third kappa shape index (κ3) is 4.33. The van der Waals surface area contributed by atoms with Gasteiger partial charge in [0.1, 0.15) is 5.69 Å². The van der Waals surface area contributed by atoms with Crippen molar-refractivity contribution < 1.29 is 4.74 Å². The average molecular weight is 378 g/mol. The Hall–Kier alpha value is -3.72. The number of rotatable bonds is 8. The molecule has 0 fully saturated rings. The van der Waals surface area contributed by atoms with E-state index < -0.39 is 0 Å². The van der Waals surface area contributed by atoms with Crippen LogP contribution < -0.4 is 4.90 Å².